The number of likely N-dealkylation sites (N-methyl/N-ethyl adjacent to an activating group) is 1. The molecule has 1 fully saturated rings. The van der Waals surface area contributed by atoms with E-state index in [9.17, 15) is 4.79 Å². The number of nitrogens with one attached hydrogen (secondary N) is 1. The fraction of sp³-hybridized carbons (Fsp3) is 0.409. The molecule has 1 heterocycles. The maximum atomic E-state index is 11.9. The Bertz CT molecular complexity index is 693. The summed E-state index contributed by atoms with van der Waals surface area (Å²) in [6.45, 7) is 4.90. The molecule has 2 aromatic carbocycles. The SMILES string of the molecule is CN1CCN(CCCNC(=O)COc2ccccc2)[C@@H](c2ccccc2)C1. The number of para-hydroxylation sites is 1. The Hall–Kier alpha value is -2.37. The largest absolute Gasteiger partial charge is 0.484 e. The molecule has 1 amide bonds. The van der Waals surface area contributed by atoms with Crippen molar-refractivity contribution in [3.05, 3.63) is 66.2 Å². The van der Waals surface area contributed by atoms with Crippen LogP contribution < -0.4 is 10.1 Å². The lowest BCUT2D eigenvalue weighted by Gasteiger charge is -2.40. The Morgan fingerprint density at radius 1 is 1.07 bits per heavy atom. The third kappa shape index (κ3) is 6.08. The smallest absolute Gasteiger partial charge is 0.257 e. The molecule has 0 unspecified atom stereocenters. The molecule has 0 aromatic heterocycles. The highest BCUT2D eigenvalue weighted by atomic mass is 16.5. The second-order valence-electron chi connectivity index (χ2n) is 7.03. The fourth-order valence-corrected chi connectivity index (χ4v) is 3.44. The van der Waals surface area contributed by atoms with Crippen molar-refractivity contribution in [3.63, 3.8) is 0 Å². The van der Waals surface area contributed by atoms with E-state index < -0.39 is 0 Å². The number of carbonyl (C=O) groups is 1. The summed E-state index contributed by atoms with van der Waals surface area (Å²) in [7, 11) is 2.18. The van der Waals surface area contributed by atoms with Crippen LogP contribution in [0.4, 0.5) is 0 Å². The van der Waals surface area contributed by atoms with Crippen molar-refractivity contribution < 1.29 is 9.53 Å². The first-order valence-electron chi connectivity index (χ1n) is 9.64. The number of benzene rings is 2. The van der Waals surface area contributed by atoms with E-state index in [1.807, 2.05) is 30.3 Å². The average molecular weight is 367 g/mol. The lowest BCUT2D eigenvalue weighted by atomic mass is 10.0. The van der Waals surface area contributed by atoms with Gasteiger partial charge in [-0.25, -0.2) is 0 Å². The first-order chi connectivity index (χ1) is 13.2. The molecule has 1 aliphatic heterocycles. The van der Waals surface area contributed by atoms with Gasteiger partial charge in [-0.1, -0.05) is 48.5 Å². The molecular weight excluding hydrogens is 338 g/mol. The molecule has 2 aromatic rings. The van der Waals surface area contributed by atoms with Crippen LogP contribution in [0.3, 0.4) is 0 Å². The van der Waals surface area contributed by atoms with Crippen LogP contribution in [0.15, 0.2) is 60.7 Å². The number of rotatable bonds is 8. The van der Waals surface area contributed by atoms with Crippen LogP contribution in [0, 0.1) is 0 Å². The third-order valence-corrected chi connectivity index (χ3v) is 4.94. The Morgan fingerprint density at radius 2 is 1.78 bits per heavy atom. The summed E-state index contributed by atoms with van der Waals surface area (Å²) >= 11 is 0. The number of piperazine rings is 1. The van der Waals surface area contributed by atoms with Crippen LogP contribution >= 0.6 is 0 Å². The van der Waals surface area contributed by atoms with Gasteiger partial charge in [-0.05, 0) is 31.2 Å². The van der Waals surface area contributed by atoms with Crippen LogP contribution in [0.5, 0.6) is 5.75 Å². The van der Waals surface area contributed by atoms with E-state index in [-0.39, 0.29) is 12.5 Å². The van der Waals surface area contributed by atoms with Crippen LogP contribution in [0.25, 0.3) is 0 Å². The Balaban J connectivity index is 1.40. The predicted molar refractivity (Wildman–Crippen MR) is 108 cm³/mol. The van der Waals surface area contributed by atoms with Gasteiger partial charge in [0, 0.05) is 38.8 Å². The second kappa shape index (κ2) is 10.1. The molecule has 27 heavy (non-hydrogen) atoms. The van der Waals surface area contributed by atoms with E-state index in [2.05, 4.69) is 52.5 Å². The molecular formula is C22H29N3O2. The van der Waals surface area contributed by atoms with E-state index in [0.717, 1.165) is 38.3 Å². The van der Waals surface area contributed by atoms with E-state index in [1.165, 1.54) is 5.56 Å². The van der Waals surface area contributed by atoms with Crippen molar-refractivity contribution in [1.82, 2.24) is 15.1 Å². The predicted octanol–water partition coefficient (Wildman–Crippen LogP) is 2.56. The van der Waals surface area contributed by atoms with Gasteiger partial charge in [-0.15, -0.1) is 0 Å². The highest BCUT2D eigenvalue weighted by molar-refractivity contribution is 5.77. The van der Waals surface area contributed by atoms with Crippen LogP contribution in [0.1, 0.15) is 18.0 Å². The van der Waals surface area contributed by atoms with Crippen molar-refractivity contribution in [2.45, 2.75) is 12.5 Å². The molecule has 0 spiro atoms. The third-order valence-electron chi connectivity index (χ3n) is 4.94. The molecule has 5 nitrogen and oxygen atoms in total. The second-order valence-corrected chi connectivity index (χ2v) is 7.03. The Morgan fingerprint density at radius 3 is 2.52 bits per heavy atom. The lowest BCUT2D eigenvalue weighted by molar-refractivity contribution is -0.123. The summed E-state index contributed by atoms with van der Waals surface area (Å²) < 4.78 is 5.47. The summed E-state index contributed by atoms with van der Waals surface area (Å²) in [6.07, 6.45) is 0.935. The van der Waals surface area contributed by atoms with Crippen molar-refractivity contribution in [1.29, 1.82) is 0 Å². The zero-order valence-electron chi connectivity index (χ0n) is 16.0. The number of hydrogen-bond acceptors (Lipinski definition) is 4. The summed E-state index contributed by atoms with van der Waals surface area (Å²) in [6, 6.07) is 20.5. The van der Waals surface area contributed by atoms with Gasteiger partial charge < -0.3 is 15.0 Å². The van der Waals surface area contributed by atoms with E-state index in [0.29, 0.717) is 12.6 Å². The van der Waals surface area contributed by atoms with E-state index >= 15 is 0 Å². The Kier molecular flexibility index (Phi) is 7.25. The number of hydrogen-bond donors (Lipinski definition) is 1. The molecule has 1 aliphatic rings. The van der Waals surface area contributed by atoms with Crippen molar-refractivity contribution >= 4 is 5.91 Å². The maximum absolute atomic E-state index is 11.9. The molecule has 0 aliphatic carbocycles. The van der Waals surface area contributed by atoms with Crippen LogP contribution in [-0.4, -0.2) is 62.1 Å². The highest BCUT2D eigenvalue weighted by Crippen LogP contribution is 2.24. The summed E-state index contributed by atoms with van der Waals surface area (Å²) in [5.74, 6) is 0.646. The van der Waals surface area contributed by atoms with E-state index in [1.54, 1.807) is 0 Å². The molecule has 3 rings (SSSR count). The monoisotopic (exact) mass is 367 g/mol. The van der Waals surface area contributed by atoms with Crippen LogP contribution in [-0.2, 0) is 4.79 Å². The van der Waals surface area contributed by atoms with Crippen molar-refractivity contribution in [3.8, 4) is 5.75 Å². The van der Waals surface area contributed by atoms with Gasteiger partial charge in [0.25, 0.3) is 5.91 Å². The average Bonchev–Trinajstić information content (AvgIpc) is 2.72. The summed E-state index contributed by atoms with van der Waals surface area (Å²) in [4.78, 5) is 16.9. The van der Waals surface area contributed by atoms with Crippen molar-refractivity contribution in [2.24, 2.45) is 0 Å². The quantitative estimate of drug-likeness (QED) is 0.729. The summed E-state index contributed by atoms with van der Waals surface area (Å²) in [5.41, 5.74) is 1.37. The number of ether oxygens (including phenoxy) is 1. The Labute approximate surface area is 161 Å². The van der Waals surface area contributed by atoms with Gasteiger partial charge >= 0.3 is 0 Å². The number of carbonyl (C=O) groups excluding carboxylic acids is 1. The van der Waals surface area contributed by atoms with Gasteiger partial charge in [0.15, 0.2) is 6.61 Å². The number of nitrogens with zero attached hydrogens (tertiary/aromatic N) is 2. The lowest BCUT2D eigenvalue weighted by Crippen LogP contribution is -2.47. The van der Waals surface area contributed by atoms with Gasteiger partial charge in [-0.2, -0.15) is 0 Å². The normalized spacial score (nSPS) is 18.2. The first kappa shape index (κ1) is 19.4. The van der Waals surface area contributed by atoms with Gasteiger partial charge in [0.2, 0.25) is 0 Å². The molecule has 0 radical (unpaired) electrons. The molecule has 0 bridgehead atoms. The molecule has 1 atom stereocenters. The fourth-order valence-electron chi connectivity index (χ4n) is 3.44. The molecule has 0 saturated carbocycles. The first-order valence-corrected chi connectivity index (χ1v) is 9.64. The van der Waals surface area contributed by atoms with Gasteiger partial charge in [0.1, 0.15) is 5.75 Å². The maximum Gasteiger partial charge on any atom is 0.257 e. The van der Waals surface area contributed by atoms with Gasteiger partial charge in [0.05, 0.1) is 0 Å². The standard InChI is InChI=1S/C22H29N3O2/c1-24-15-16-25(21(17-24)19-9-4-2-5-10-19)14-8-13-23-22(26)18-27-20-11-6-3-7-12-20/h2-7,9-12,21H,8,13-18H2,1H3,(H,23,26)/t21-/m1/s1. The van der Waals surface area contributed by atoms with Crippen molar-refractivity contribution in [2.75, 3.05) is 46.4 Å². The zero-order chi connectivity index (χ0) is 18.9. The topological polar surface area (TPSA) is 44.8 Å². The molecule has 5 heteroatoms. The minimum atomic E-state index is -0.0724. The molecule has 1 N–H and O–H groups in total. The zero-order valence-corrected chi connectivity index (χ0v) is 16.0. The number of amides is 1. The summed E-state index contributed by atoms with van der Waals surface area (Å²) in [5, 5.41) is 2.95. The van der Waals surface area contributed by atoms with E-state index in [4.69, 9.17) is 4.74 Å². The molecule has 144 valence electrons. The molecule has 1 saturated heterocycles. The minimum Gasteiger partial charge on any atom is -0.484 e. The highest BCUT2D eigenvalue weighted by Gasteiger charge is 2.25. The van der Waals surface area contributed by atoms with Gasteiger partial charge in [-0.3, -0.25) is 9.69 Å². The van der Waals surface area contributed by atoms with Crippen LogP contribution in [0.2, 0.25) is 0 Å². The minimum absolute atomic E-state index is 0.0607.